The van der Waals surface area contributed by atoms with Gasteiger partial charge in [0.25, 0.3) is 0 Å². The topological polar surface area (TPSA) is 74.6 Å². The van der Waals surface area contributed by atoms with E-state index < -0.39 is 24.3 Å². The summed E-state index contributed by atoms with van der Waals surface area (Å²) in [7, 11) is 0. The fourth-order valence-electron chi connectivity index (χ4n) is 3.11. The highest BCUT2D eigenvalue weighted by Crippen LogP contribution is 2.31. The molecule has 1 atom stereocenters. The lowest BCUT2D eigenvalue weighted by atomic mass is 9.93. The first kappa shape index (κ1) is 19.5. The third-order valence-electron chi connectivity index (χ3n) is 4.40. The number of carboxylic acids is 1. The average molecular weight is 378 g/mol. The molecule has 0 saturated heterocycles. The van der Waals surface area contributed by atoms with Gasteiger partial charge in [-0.1, -0.05) is 60.7 Å². The van der Waals surface area contributed by atoms with E-state index in [0.29, 0.717) is 0 Å². The van der Waals surface area contributed by atoms with Gasteiger partial charge in [-0.2, -0.15) is 0 Å². The lowest BCUT2D eigenvalue weighted by Crippen LogP contribution is -2.14. The van der Waals surface area contributed by atoms with Gasteiger partial charge in [0.05, 0.1) is 6.10 Å². The molecule has 4 nitrogen and oxygen atoms in total. The molecule has 1 unspecified atom stereocenters. The van der Waals surface area contributed by atoms with Crippen LogP contribution in [0.25, 0.3) is 28.0 Å². The molecule has 0 spiro atoms. The first-order valence-corrected chi connectivity index (χ1v) is 8.81. The van der Waals surface area contributed by atoms with E-state index in [2.05, 4.69) is 0 Å². The van der Waals surface area contributed by atoms with Crippen LogP contribution in [-0.4, -0.2) is 28.1 Å². The first-order chi connectivity index (χ1) is 13.4. The van der Waals surface area contributed by atoms with Gasteiger partial charge in [0.1, 0.15) is 18.0 Å². The molecule has 0 aliphatic carbocycles. The summed E-state index contributed by atoms with van der Waals surface area (Å²) in [6, 6.07) is 17.8. The van der Waals surface area contributed by atoms with Gasteiger partial charge in [0.2, 0.25) is 0 Å². The Morgan fingerprint density at radius 2 is 1.71 bits per heavy atom. The van der Waals surface area contributed by atoms with E-state index in [0.717, 1.165) is 27.5 Å². The maximum absolute atomic E-state index is 13.3. The summed E-state index contributed by atoms with van der Waals surface area (Å²) < 4.78 is 13.3. The fraction of sp³-hybridized carbons (Fsp3) is 0.130. The second-order valence-corrected chi connectivity index (χ2v) is 6.49. The Bertz CT molecular complexity index is 1040. The van der Waals surface area contributed by atoms with Crippen LogP contribution in [0.2, 0.25) is 0 Å². The molecule has 5 heteroatoms. The van der Waals surface area contributed by atoms with Gasteiger partial charge in [-0.3, -0.25) is 9.59 Å². The monoisotopic (exact) mass is 378 g/mol. The number of Topliss-reactive ketones (excluding diaryl/α,β-unsaturated/α-hetero) is 1. The minimum atomic E-state index is -1.21. The highest BCUT2D eigenvalue weighted by molar-refractivity contribution is 5.98. The highest BCUT2D eigenvalue weighted by Gasteiger charge is 2.13. The Balaban J connectivity index is 1.98. The summed E-state index contributed by atoms with van der Waals surface area (Å²) in [5.41, 5.74) is 2.51. The molecule has 0 aromatic heterocycles. The molecule has 2 N–H and O–H groups in total. The van der Waals surface area contributed by atoms with E-state index in [1.807, 2.05) is 36.4 Å². The number of carbonyl (C=O) groups is 2. The predicted octanol–water partition coefficient (Wildman–Crippen LogP) is 4.45. The van der Waals surface area contributed by atoms with Crippen molar-refractivity contribution in [2.75, 3.05) is 0 Å². The van der Waals surface area contributed by atoms with Gasteiger partial charge in [-0.25, -0.2) is 4.39 Å². The molecule has 0 radical (unpaired) electrons. The minimum Gasteiger partial charge on any atom is -0.481 e. The van der Waals surface area contributed by atoms with Crippen molar-refractivity contribution in [1.82, 2.24) is 0 Å². The predicted molar refractivity (Wildman–Crippen MR) is 106 cm³/mol. The molecule has 0 fully saturated rings. The van der Waals surface area contributed by atoms with E-state index >= 15 is 0 Å². The van der Waals surface area contributed by atoms with Gasteiger partial charge in [-0.15, -0.1) is 0 Å². The molecular weight excluding hydrogens is 359 g/mol. The Morgan fingerprint density at radius 1 is 1.00 bits per heavy atom. The molecule has 0 saturated carbocycles. The number of hydrogen-bond donors (Lipinski definition) is 2. The molecule has 142 valence electrons. The number of aliphatic hydroxyl groups is 1. The quantitative estimate of drug-likeness (QED) is 0.596. The summed E-state index contributed by atoms with van der Waals surface area (Å²) in [6.07, 6.45) is 1.24. The van der Waals surface area contributed by atoms with Crippen LogP contribution < -0.4 is 0 Å². The second kappa shape index (κ2) is 8.59. The number of carbonyl (C=O) groups excluding carboxylic acids is 1. The largest absolute Gasteiger partial charge is 0.481 e. The molecule has 3 aromatic rings. The number of fused-ring (bicyclic) bond motifs is 1. The number of hydrogen-bond acceptors (Lipinski definition) is 3. The molecule has 28 heavy (non-hydrogen) atoms. The number of halogens is 1. The molecule has 0 aliphatic rings. The highest BCUT2D eigenvalue weighted by atomic mass is 19.1. The number of benzene rings is 3. The van der Waals surface area contributed by atoms with E-state index in [4.69, 9.17) is 5.11 Å². The fourth-order valence-corrected chi connectivity index (χ4v) is 3.11. The minimum absolute atomic E-state index is 0.264. The van der Waals surface area contributed by atoms with Gasteiger partial charge in [0, 0.05) is 6.42 Å². The standard InChI is InChI=1S/C23H19FO4/c24-17-8-5-16(6-9-17)21-11-7-15-3-1-2-4-20(15)22(21)12-10-18(25)13-19(26)14-23(27)28/h1-12,18,25H,13-14H2,(H,27,28)/b12-10+. The van der Waals surface area contributed by atoms with Crippen molar-refractivity contribution in [3.8, 4) is 11.1 Å². The zero-order chi connectivity index (χ0) is 20.1. The first-order valence-electron chi connectivity index (χ1n) is 8.81. The van der Waals surface area contributed by atoms with E-state index in [-0.39, 0.29) is 12.2 Å². The summed E-state index contributed by atoms with van der Waals surface area (Å²) >= 11 is 0. The Labute approximate surface area is 161 Å². The number of aliphatic hydroxyl groups excluding tert-OH is 1. The molecule has 0 heterocycles. The lowest BCUT2D eigenvalue weighted by molar-refractivity contribution is -0.140. The molecule has 0 aliphatic heterocycles. The van der Waals surface area contributed by atoms with Crippen LogP contribution in [0.3, 0.4) is 0 Å². The van der Waals surface area contributed by atoms with Crippen molar-refractivity contribution in [3.63, 3.8) is 0 Å². The van der Waals surface area contributed by atoms with Crippen LogP contribution in [0.5, 0.6) is 0 Å². The normalized spacial score (nSPS) is 12.4. The van der Waals surface area contributed by atoms with Crippen molar-refractivity contribution >= 4 is 28.6 Å². The summed E-state index contributed by atoms with van der Waals surface area (Å²) in [5, 5.41) is 20.7. The van der Waals surface area contributed by atoms with Crippen molar-refractivity contribution in [1.29, 1.82) is 0 Å². The average Bonchev–Trinajstić information content (AvgIpc) is 2.66. The lowest BCUT2D eigenvalue weighted by Gasteiger charge is -2.12. The smallest absolute Gasteiger partial charge is 0.310 e. The van der Waals surface area contributed by atoms with Gasteiger partial charge >= 0.3 is 5.97 Å². The van der Waals surface area contributed by atoms with Gasteiger partial charge in [-0.05, 0) is 39.6 Å². The Morgan fingerprint density at radius 3 is 2.43 bits per heavy atom. The number of aliphatic carboxylic acids is 1. The molecule has 3 aromatic carbocycles. The zero-order valence-corrected chi connectivity index (χ0v) is 15.0. The van der Waals surface area contributed by atoms with Crippen LogP contribution in [0.15, 0.2) is 66.7 Å². The third-order valence-corrected chi connectivity index (χ3v) is 4.40. The van der Waals surface area contributed by atoms with Crippen molar-refractivity contribution in [2.24, 2.45) is 0 Å². The molecule has 0 bridgehead atoms. The molecule has 3 rings (SSSR count). The van der Waals surface area contributed by atoms with Crippen LogP contribution in [0.1, 0.15) is 18.4 Å². The van der Waals surface area contributed by atoms with Gasteiger partial charge in [0.15, 0.2) is 0 Å². The number of carboxylic acid groups (broad SMARTS) is 1. The van der Waals surface area contributed by atoms with Crippen molar-refractivity contribution < 1.29 is 24.2 Å². The summed E-state index contributed by atoms with van der Waals surface area (Å²) in [6.45, 7) is 0. The van der Waals surface area contributed by atoms with E-state index in [9.17, 15) is 19.1 Å². The maximum Gasteiger partial charge on any atom is 0.310 e. The van der Waals surface area contributed by atoms with Gasteiger partial charge < -0.3 is 10.2 Å². The van der Waals surface area contributed by atoms with Crippen molar-refractivity contribution in [3.05, 3.63) is 78.1 Å². The Hall–Kier alpha value is -3.31. The van der Waals surface area contributed by atoms with Crippen LogP contribution >= 0.6 is 0 Å². The Kier molecular flexibility index (Phi) is 5.96. The van der Waals surface area contributed by atoms with Crippen LogP contribution in [0.4, 0.5) is 4.39 Å². The van der Waals surface area contributed by atoms with E-state index in [1.165, 1.54) is 18.2 Å². The van der Waals surface area contributed by atoms with Crippen LogP contribution in [-0.2, 0) is 9.59 Å². The van der Waals surface area contributed by atoms with E-state index in [1.54, 1.807) is 18.2 Å². The van der Waals surface area contributed by atoms with Crippen LogP contribution in [0, 0.1) is 5.82 Å². The number of rotatable bonds is 7. The maximum atomic E-state index is 13.3. The zero-order valence-electron chi connectivity index (χ0n) is 15.0. The molecular formula is C23H19FO4. The summed E-state index contributed by atoms with van der Waals surface area (Å²) in [5.74, 6) is -2.08. The number of ketones is 1. The SMILES string of the molecule is O=C(O)CC(=O)CC(O)/C=C/c1c(-c2ccc(F)cc2)ccc2ccccc12. The second-order valence-electron chi connectivity index (χ2n) is 6.49. The summed E-state index contributed by atoms with van der Waals surface area (Å²) in [4.78, 5) is 22.2. The molecule has 0 amide bonds. The van der Waals surface area contributed by atoms with Crippen molar-refractivity contribution in [2.45, 2.75) is 18.9 Å². The third kappa shape index (κ3) is 4.69.